The number of halogens is 1. The Morgan fingerprint density at radius 1 is 1.14 bits per heavy atom. The van der Waals surface area contributed by atoms with E-state index in [1.807, 2.05) is 61.9 Å². The van der Waals surface area contributed by atoms with Crippen LogP contribution in [0.2, 0.25) is 0 Å². The number of hydrogen-bond acceptors (Lipinski definition) is 2. The molecule has 0 N–H and O–H groups in total. The first-order valence-corrected chi connectivity index (χ1v) is 11.8. The van der Waals surface area contributed by atoms with E-state index < -0.39 is 7.37 Å². The first-order valence-electron chi connectivity index (χ1n) is 6.55. The monoisotopic (exact) mass is 456 g/mol. The summed E-state index contributed by atoms with van der Waals surface area (Å²) in [6, 6.07) is 17.6. The fourth-order valence-corrected chi connectivity index (χ4v) is 5.19. The molecule has 0 fully saturated rings. The summed E-state index contributed by atoms with van der Waals surface area (Å²) in [5.74, 6) is 0. The summed E-state index contributed by atoms with van der Waals surface area (Å²) >= 11 is 5.35. The summed E-state index contributed by atoms with van der Waals surface area (Å²) in [5, 5.41) is 0.799. The van der Waals surface area contributed by atoms with Crippen molar-refractivity contribution >= 4 is 26.1 Å². The molecule has 2 aromatic rings. The molecule has 0 spiro atoms. The molecule has 1 aliphatic rings. The molecule has 0 aromatic heterocycles. The average Bonchev–Trinajstić information content (AvgIpc) is 2.57. The van der Waals surface area contributed by atoms with Gasteiger partial charge in [0.15, 0.2) is 0 Å². The molecule has 0 radical (unpaired) electrons. The zero-order chi connectivity index (χ0) is 15.3. The van der Waals surface area contributed by atoms with Crippen LogP contribution in [0.3, 0.4) is 0 Å². The Kier molecular flexibility index (Phi) is 6.41. The van der Waals surface area contributed by atoms with Crippen LogP contribution in [0.4, 0.5) is 0 Å². The van der Waals surface area contributed by atoms with E-state index in [0.717, 1.165) is 16.4 Å². The van der Waals surface area contributed by atoms with Gasteiger partial charge in [-0.15, -0.1) is 0 Å². The van der Waals surface area contributed by atoms with Crippen LogP contribution < -0.4 is 5.30 Å². The minimum atomic E-state index is -2.86. The third-order valence-corrected chi connectivity index (χ3v) is 6.42. The van der Waals surface area contributed by atoms with Gasteiger partial charge in [-0.1, -0.05) is 53.7 Å². The van der Waals surface area contributed by atoms with E-state index in [1.54, 1.807) is 0 Å². The molecule has 0 saturated carbocycles. The first-order chi connectivity index (χ1) is 10.3. The third-order valence-electron chi connectivity index (χ3n) is 3.58. The van der Waals surface area contributed by atoms with Gasteiger partial charge < -0.3 is 10.9 Å². The Balaban J connectivity index is 0.000000774. The molecular weight excluding hydrogens is 441 g/mol. The van der Waals surface area contributed by atoms with E-state index in [2.05, 4.69) is 36.7 Å². The Morgan fingerprint density at radius 3 is 2.43 bits per heavy atom. The Bertz CT molecular complexity index is 633. The van der Waals surface area contributed by atoms with Gasteiger partial charge in [0.1, 0.15) is 0 Å². The van der Waals surface area contributed by atoms with Crippen LogP contribution in [-0.2, 0) is 32.9 Å². The number of fused-ring (bicyclic) bond motifs is 1. The van der Waals surface area contributed by atoms with Gasteiger partial charge in [-0.3, -0.25) is 4.57 Å². The van der Waals surface area contributed by atoms with Gasteiger partial charge in [0.25, 0.3) is 0 Å². The van der Waals surface area contributed by atoms with Gasteiger partial charge in [-0.2, -0.15) is 6.92 Å². The first kappa shape index (κ1) is 17.1. The summed E-state index contributed by atoms with van der Waals surface area (Å²) in [7, 11) is -2.86. The fourth-order valence-electron chi connectivity index (χ4n) is 2.63. The second-order valence-corrected chi connectivity index (χ2v) is 7.21. The van der Waals surface area contributed by atoms with Gasteiger partial charge in [0.05, 0.1) is 6.61 Å². The van der Waals surface area contributed by atoms with Gasteiger partial charge in [-0.25, -0.2) is 0 Å². The molecule has 1 unspecified atom stereocenters. The summed E-state index contributed by atoms with van der Waals surface area (Å²) in [6.45, 7) is 2.37. The zero-order valence-electron chi connectivity index (χ0n) is 11.5. The van der Waals surface area contributed by atoms with Crippen molar-refractivity contribution in [1.29, 1.82) is 0 Å². The molecule has 0 aliphatic carbocycles. The van der Waals surface area contributed by atoms with Crippen molar-refractivity contribution < 1.29 is 26.3 Å². The van der Waals surface area contributed by atoms with Crippen molar-refractivity contribution in [3.05, 3.63) is 72.1 Å². The number of rotatable bonds is 2. The van der Waals surface area contributed by atoms with Crippen molar-refractivity contribution in [2.24, 2.45) is 0 Å². The Morgan fingerprint density at radius 2 is 1.76 bits per heavy atom. The number of hydrogen-bond donors (Lipinski definition) is 0. The molecule has 0 bridgehead atoms. The third kappa shape index (κ3) is 3.41. The van der Waals surface area contributed by atoms with Crippen LogP contribution in [0.1, 0.15) is 23.7 Å². The van der Waals surface area contributed by atoms with Gasteiger partial charge in [0, 0.05) is 5.30 Å². The predicted octanol–water partition coefficient (Wildman–Crippen LogP) is 4.93. The average molecular weight is 458 g/mol. The quantitative estimate of drug-likeness (QED) is 0.363. The SMILES string of the molecule is C[CH-][C@@H]1c2ccccc2COP1(=O)c1ccccc1.[Br][Pd+]. The molecule has 3 rings (SSSR count). The number of benzene rings is 2. The van der Waals surface area contributed by atoms with E-state index in [4.69, 9.17) is 4.52 Å². The van der Waals surface area contributed by atoms with E-state index in [1.165, 1.54) is 0 Å². The molecule has 2 nitrogen and oxygen atoms in total. The van der Waals surface area contributed by atoms with E-state index in [-0.39, 0.29) is 5.66 Å². The molecule has 0 saturated heterocycles. The topological polar surface area (TPSA) is 26.3 Å². The van der Waals surface area contributed by atoms with Crippen molar-refractivity contribution in [2.75, 3.05) is 0 Å². The Labute approximate surface area is 143 Å². The fraction of sp³-hybridized carbons (Fsp3) is 0.188. The molecule has 0 amide bonds. The minimum absolute atomic E-state index is 0.153. The predicted molar refractivity (Wildman–Crippen MR) is 86.6 cm³/mol. The molecule has 114 valence electrons. The van der Waals surface area contributed by atoms with E-state index in [9.17, 15) is 4.57 Å². The summed E-state index contributed by atoms with van der Waals surface area (Å²) in [4.78, 5) is 0. The Hall–Kier alpha value is -0.228. The van der Waals surface area contributed by atoms with Crippen LogP contribution in [0.15, 0.2) is 54.6 Å². The second kappa shape index (κ2) is 7.86. The van der Waals surface area contributed by atoms with E-state index in [0.29, 0.717) is 6.61 Å². The van der Waals surface area contributed by atoms with Crippen LogP contribution in [0.25, 0.3) is 0 Å². The molecule has 21 heavy (non-hydrogen) atoms. The normalized spacial score (nSPS) is 23.7. The standard InChI is InChI=1S/C16H16O2P.BrH.Pd/c1-2-16-15-11-7-6-8-13(15)12-18-19(16,17)14-9-4-3-5-10-14;;/h2-11,16H,12H2,1H3;1H;/q-1;;+2/p-1/t16-,19?;;/m1../s1. The zero-order valence-corrected chi connectivity index (χ0v) is 15.6. The van der Waals surface area contributed by atoms with Crippen molar-refractivity contribution in [1.82, 2.24) is 0 Å². The molecule has 5 heteroatoms. The van der Waals surface area contributed by atoms with Crippen molar-refractivity contribution in [3.8, 4) is 0 Å². The molecule has 2 aromatic carbocycles. The summed E-state index contributed by atoms with van der Waals surface area (Å²) < 4.78 is 19.1. The van der Waals surface area contributed by atoms with Crippen LogP contribution >= 0.6 is 20.8 Å². The van der Waals surface area contributed by atoms with Gasteiger partial charge >= 0.3 is 30.6 Å². The summed E-state index contributed by atoms with van der Waals surface area (Å²) in [6.07, 6.45) is 1.99. The van der Waals surface area contributed by atoms with Gasteiger partial charge in [-0.05, 0) is 17.7 Å². The maximum absolute atomic E-state index is 13.3. The van der Waals surface area contributed by atoms with Crippen molar-refractivity contribution in [2.45, 2.75) is 19.2 Å². The van der Waals surface area contributed by atoms with Crippen LogP contribution in [-0.4, -0.2) is 0 Å². The van der Waals surface area contributed by atoms with E-state index >= 15 is 0 Å². The molecule has 1 aliphatic heterocycles. The maximum atomic E-state index is 13.3. The van der Waals surface area contributed by atoms with Gasteiger partial charge in [0.2, 0.25) is 7.37 Å². The van der Waals surface area contributed by atoms with Crippen molar-refractivity contribution in [3.63, 3.8) is 0 Å². The summed E-state index contributed by atoms with van der Waals surface area (Å²) in [5.41, 5.74) is 2.11. The molecule has 1 heterocycles. The second-order valence-electron chi connectivity index (χ2n) is 4.68. The molecule has 2 atom stereocenters. The molecular formula is C16H16BrO2PPd. The van der Waals surface area contributed by atoms with Crippen LogP contribution in [0.5, 0.6) is 0 Å². The van der Waals surface area contributed by atoms with Crippen LogP contribution in [0, 0.1) is 6.42 Å².